The van der Waals surface area contributed by atoms with E-state index in [1.54, 1.807) is 7.11 Å². The Morgan fingerprint density at radius 3 is 2.21 bits per heavy atom. The van der Waals surface area contributed by atoms with Crippen LogP contribution in [0.3, 0.4) is 0 Å². The van der Waals surface area contributed by atoms with Gasteiger partial charge < -0.3 is 4.74 Å². The minimum Gasteiger partial charge on any atom is -0.497 e. The molecule has 0 aromatic heterocycles. The Morgan fingerprint density at radius 1 is 1.14 bits per heavy atom. The molecule has 2 N–H and O–H groups in total. The lowest BCUT2D eigenvalue weighted by molar-refractivity contribution is 0.414. The van der Waals surface area contributed by atoms with Gasteiger partial charge in [0.05, 0.1) is 7.11 Å². The van der Waals surface area contributed by atoms with E-state index in [-0.39, 0.29) is 5.41 Å². The smallest absolute Gasteiger partial charge is 0.118 e. The van der Waals surface area contributed by atoms with Gasteiger partial charge in [-0.05, 0) is 17.7 Å². The largest absolute Gasteiger partial charge is 0.497 e. The van der Waals surface area contributed by atoms with Crippen LogP contribution < -0.4 is 15.6 Å². The number of nitrogens with one attached hydrogen (secondary N) is 2. The summed E-state index contributed by atoms with van der Waals surface area (Å²) in [7, 11) is 1.69. The number of hydrogen-bond donors (Lipinski definition) is 2. The Morgan fingerprint density at radius 2 is 1.71 bits per heavy atom. The average molecular weight is 192 g/mol. The van der Waals surface area contributed by atoms with Crippen LogP contribution in [0, 0.1) is 0 Å². The van der Waals surface area contributed by atoms with Gasteiger partial charge in [-0.2, -0.15) is 0 Å². The van der Waals surface area contributed by atoms with Crippen molar-refractivity contribution >= 4 is 0 Å². The second-order valence-electron chi connectivity index (χ2n) is 4.00. The lowest BCUT2D eigenvalue weighted by Gasteiger charge is -2.22. The summed E-state index contributed by atoms with van der Waals surface area (Å²) in [6, 6.07) is 8.29. The van der Waals surface area contributed by atoms with E-state index in [9.17, 15) is 0 Å². The first-order valence-corrected chi connectivity index (χ1v) is 4.85. The molecular formula is C11H16N2O. The van der Waals surface area contributed by atoms with Gasteiger partial charge in [0, 0.05) is 18.5 Å². The number of ether oxygens (including phenoxy) is 1. The fourth-order valence-corrected chi connectivity index (χ4v) is 1.78. The summed E-state index contributed by atoms with van der Waals surface area (Å²) in [4.78, 5) is 0. The topological polar surface area (TPSA) is 33.3 Å². The zero-order chi connectivity index (χ0) is 10.0. The van der Waals surface area contributed by atoms with E-state index in [0.717, 1.165) is 18.8 Å². The maximum atomic E-state index is 5.13. The number of hydrazine groups is 1. The van der Waals surface area contributed by atoms with E-state index >= 15 is 0 Å². The molecule has 0 unspecified atom stereocenters. The molecule has 0 atom stereocenters. The summed E-state index contributed by atoms with van der Waals surface area (Å²) >= 11 is 0. The Labute approximate surface area is 84.4 Å². The highest BCUT2D eigenvalue weighted by atomic mass is 16.5. The molecule has 76 valence electrons. The molecule has 3 heteroatoms. The van der Waals surface area contributed by atoms with Crippen LogP contribution in [0.5, 0.6) is 5.75 Å². The van der Waals surface area contributed by atoms with E-state index < -0.39 is 0 Å². The Kier molecular flexibility index (Phi) is 2.44. The molecule has 1 aromatic carbocycles. The number of benzene rings is 1. The highest BCUT2D eigenvalue weighted by Crippen LogP contribution is 2.26. The van der Waals surface area contributed by atoms with E-state index in [4.69, 9.17) is 4.74 Å². The summed E-state index contributed by atoms with van der Waals surface area (Å²) in [6.07, 6.45) is 0. The molecule has 14 heavy (non-hydrogen) atoms. The van der Waals surface area contributed by atoms with Crippen molar-refractivity contribution in [1.82, 2.24) is 10.9 Å². The molecule has 2 rings (SSSR count). The summed E-state index contributed by atoms with van der Waals surface area (Å²) in [5, 5.41) is 0. The molecule has 0 aliphatic carbocycles. The molecule has 1 aromatic rings. The zero-order valence-corrected chi connectivity index (χ0v) is 8.63. The second kappa shape index (κ2) is 3.59. The van der Waals surface area contributed by atoms with Crippen LogP contribution in [-0.2, 0) is 5.41 Å². The van der Waals surface area contributed by atoms with Crippen molar-refractivity contribution < 1.29 is 4.74 Å². The molecular weight excluding hydrogens is 176 g/mol. The van der Waals surface area contributed by atoms with Gasteiger partial charge in [-0.15, -0.1) is 0 Å². The van der Waals surface area contributed by atoms with Crippen LogP contribution in [0.1, 0.15) is 12.5 Å². The van der Waals surface area contributed by atoms with Gasteiger partial charge in [0.1, 0.15) is 5.75 Å². The van der Waals surface area contributed by atoms with Gasteiger partial charge >= 0.3 is 0 Å². The highest BCUT2D eigenvalue weighted by Gasteiger charge is 2.30. The molecule has 0 bridgehead atoms. The van der Waals surface area contributed by atoms with Crippen molar-refractivity contribution in [2.24, 2.45) is 0 Å². The highest BCUT2D eigenvalue weighted by molar-refractivity contribution is 5.33. The maximum absolute atomic E-state index is 5.13. The third-order valence-electron chi connectivity index (χ3n) is 2.87. The van der Waals surface area contributed by atoms with Crippen molar-refractivity contribution in [2.75, 3.05) is 20.2 Å². The lowest BCUT2D eigenvalue weighted by atomic mass is 9.84. The van der Waals surface area contributed by atoms with Gasteiger partial charge in [-0.25, -0.2) is 0 Å². The van der Waals surface area contributed by atoms with Gasteiger partial charge in [0.25, 0.3) is 0 Å². The molecule has 1 heterocycles. The summed E-state index contributed by atoms with van der Waals surface area (Å²) in [6.45, 7) is 4.19. The molecule has 0 radical (unpaired) electrons. The van der Waals surface area contributed by atoms with Crippen molar-refractivity contribution in [2.45, 2.75) is 12.3 Å². The Balaban J connectivity index is 2.23. The van der Waals surface area contributed by atoms with Gasteiger partial charge in [0.2, 0.25) is 0 Å². The van der Waals surface area contributed by atoms with Crippen LogP contribution >= 0.6 is 0 Å². The number of methoxy groups -OCH3 is 1. The Hall–Kier alpha value is -1.06. The molecule has 1 saturated heterocycles. The normalized spacial score (nSPS) is 19.6. The van der Waals surface area contributed by atoms with E-state index in [2.05, 4.69) is 29.9 Å². The van der Waals surface area contributed by atoms with Gasteiger partial charge in [-0.3, -0.25) is 10.9 Å². The van der Waals surface area contributed by atoms with Crippen molar-refractivity contribution in [3.63, 3.8) is 0 Å². The lowest BCUT2D eigenvalue weighted by Crippen LogP contribution is -2.27. The van der Waals surface area contributed by atoms with Crippen LogP contribution in [0.25, 0.3) is 0 Å². The first-order chi connectivity index (χ1) is 6.74. The third-order valence-corrected chi connectivity index (χ3v) is 2.87. The SMILES string of the molecule is COc1ccc(C2(C)CNNC2)cc1. The molecule has 3 nitrogen and oxygen atoms in total. The summed E-state index contributed by atoms with van der Waals surface area (Å²) in [5.41, 5.74) is 7.86. The van der Waals surface area contributed by atoms with Crippen LogP contribution in [0.2, 0.25) is 0 Å². The van der Waals surface area contributed by atoms with Gasteiger partial charge in [-0.1, -0.05) is 19.1 Å². The third kappa shape index (κ3) is 1.61. The quantitative estimate of drug-likeness (QED) is 0.735. The number of rotatable bonds is 2. The maximum Gasteiger partial charge on any atom is 0.118 e. The standard InChI is InChI=1S/C11H16N2O/c1-11(7-12-13-8-11)9-3-5-10(14-2)6-4-9/h3-6,12-13H,7-8H2,1-2H3. The molecule has 0 spiro atoms. The van der Waals surface area contributed by atoms with Crippen molar-refractivity contribution in [3.05, 3.63) is 29.8 Å². The predicted molar refractivity (Wildman–Crippen MR) is 56.4 cm³/mol. The molecule has 0 saturated carbocycles. The summed E-state index contributed by atoms with van der Waals surface area (Å²) < 4.78 is 5.13. The van der Waals surface area contributed by atoms with Crippen LogP contribution in [0.15, 0.2) is 24.3 Å². The monoisotopic (exact) mass is 192 g/mol. The molecule has 1 fully saturated rings. The predicted octanol–water partition coefficient (Wildman–Crippen LogP) is 1.06. The average Bonchev–Trinajstić information content (AvgIpc) is 2.67. The molecule has 0 amide bonds. The fourth-order valence-electron chi connectivity index (χ4n) is 1.78. The van der Waals surface area contributed by atoms with E-state index in [0.29, 0.717) is 0 Å². The molecule has 1 aliphatic rings. The van der Waals surface area contributed by atoms with Crippen LogP contribution in [0.4, 0.5) is 0 Å². The fraction of sp³-hybridized carbons (Fsp3) is 0.455. The van der Waals surface area contributed by atoms with E-state index in [1.165, 1.54) is 5.56 Å². The first-order valence-electron chi connectivity index (χ1n) is 4.85. The zero-order valence-electron chi connectivity index (χ0n) is 8.63. The summed E-state index contributed by atoms with van der Waals surface area (Å²) in [5.74, 6) is 0.913. The second-order valence-corrected chi connectivity index (χ2v) is 4.00. The Bertz CT molecular complexity index is 302. The van der Waals surface area contributed by atoms with E-state index in [1.807, 2.05) is 12.1 Å². The van der Waals surface area contributed by atoms with Crippen molar-refractivity contribution in [3.8, 4) is 5.75 Å². The van der Waals surface area contributed by atoms with Crippen LogP contribution in [-0.4, -0.2) is 20.2 Å². The molecule has 1 aliphatic heterocycles. The minimum absolute atomic E-state index is 0.201. The van der Waals surface area contributed by atoms with Gasteiger partial charge in [0.15, 0.2) is 0 Å². The van der Waals surface area contributed by atoms with Crippen molar-refractivity contribution in [1.29, 1.82) is 0 Å². The first kappa shape index (κ1) is 9.49. The minimum atomic E-state index is 0.201. The number of hydrogen-bond acceptors (Lipinski definition) is 3.